The van der Waals surface area contributed by atoms with Crippen LogP contribution in [0.3, 0.4) is 0 Å². The van der Waals surface area contributed by atoms with Gasteiger partial charge in [0.25, 0.3) is 0 Å². The van der Waals surface area contributed by atoms with E-state index in [9.17, 15) is 10.1 Å². The van der Waals surface area contributed by atoms with Crippen LogP contribution in [0.1, 0.15) is 19.3 Å². The number of nitrogens with two attached hydrogens (primary N) is 1. The molecule has 98 valence electrons. The van der Waals surface area contributed by atoms with E-state index in [1.165, 1.54) is 0 Å². The summed E-state index contributed by atoms with van der Waals surface area (Å²) in [4.78, 5) is 17.9. The molecule has 2 unspecified atom stereocenters. The minimum absolute atomic E-state index is 0.00932. The number of anilines is 2. The van der Waals surface area contributed by atoms with E-state index < -0.39 is 4.92 Å². The number of methoxy groups -OCH3 is 1. The van der Waals surface area contributed by atoms with Gasteiger partial charge in [0.1, 0.15) is 6.20 Å². The van der Waals surface area contributed by atoms with Crippen molar-refractivity contribution in [3.05, 3.63) is 16.3 Å². The van der Waals surface area contributed by atoms with Crippen molar-refractivity contribution in [1.82, 2.24) is 9.97 Å². The van der Waals surface area contributed by atoms with Crippen molar-refractivity contribution in [2.75, 3.05) is 18.2 Å². The minimum atomic E-state index is -0.529. The predicted molar refractivity (Wildman–Crippen MR) is 65.2 cm³/mol. The highest BCUT2D eigenvalue weighted by molar-refractivity contribution is 5.57. The van der Waals surface area contributed by atoms with Crippen molar-refractivity contribution in [3.8, 4) is 0 Å². The Balaban J connectivity index is 2.22. The summed E-state index contributed by atoms with van der Waals surface area (Å²) < 4.78 is 5.32. The van der Waals surface area contributed by atoms with E-state index in [0.29, 0.717) is 0 Å². The zero-order valence-corrected chi connectivity index (χ0v) is 10.00. The van der Waals surface area contributed by atoms with Crippen molar-refractivity contribution in [2.45, 2.75) is 31.4 Å². The molecule has 1 aliphatic carbocycles. The molecule has 1 aromatic heterocycles. The van der Waals surface area contributed by atoms with E-state index in [1.54, 1.807) is 7.11 Å². The van der Waals surface area contributed by atoms with Gasteiger partial charge in [-0.15, -0.1) is 0 Å². The molecule has 1 heterocycles. The lowest BCUT2D eigenvalue weighted by atomic mass is 10.2. The number of aromatic nitrogens is 2. The highest BCUT2D eigenvalue weighted by Crippen LogP contribution is 2.28. The molecular weight excluding hydrogens is 238 g/mol. The Bertz CT molecular complexity index is 453. The van der Waals surface area contributed by atoms with Crippen LogP contribution in [-0.4, -0.2) is 34.1 Å². The lowest BCUT2D eigenvalue weighted by Gasteiger charge is -2.19. The summed E-state index contributed by atoms with van der Waals surface area (Å²) in [5.74, 6) is 0.163. The van der Waals surface area contributed by atoms with Gasteiger partial charge in [-0.3, -0.25) is 10.1 Å². The molecular formula is C10H15N5O3. The van der Waals surface area contributed by atoms with Gasteiger partial charge in [0.2, 0.25) is 11.8 Å². The van der Waals surface area contributed by atoms with E-state index in [-0.39, 0.29) is 29.6 Å². The number of nitrogen functional groups attached to an aromatic ring is 1. The van der Waals surface area contributed by atoms with Crippen LogP contribution in [-0.2, 0) is 4.74 Å². The Labute approximate surface area is 104 Å². The lowest BCUT2D eigenvalue weighted by molar-refractivity contribution is -0.384. The molecule has 1 aromatic rings. The third kappa shape index (κ3) is 2.48. The average Bonchev–Trinajstić information content (AvgIpc) is 2.76. The number of ether oxygens (including phenoxy) is 1. The van der Waals surface area contributed by atoms with Crippen LogP contribution in [0.4, 0.5) is 17.5 Å². The fourth-order valence-electron chi connectivity index (χ4n) is 2.18. The maximum atomic E-state index is 10.9. The number of rotatable bonds is 4. The van der Waals surface area contributed by atoms with Gasteiger partial charge in [-0.25, -0.2) is 4.98 Å². The van der Waals surface area contributed by atoms with E-state index in [2.05, 4.69) is 15.3 Å². The summed E-state index contributed by atoms with van der Waals surface area (Å²) in [5, 5.41) is 13.9. The molecule has 2 atom stereocenters. The first-order chi connectivity index (χ1) is 8.61. The zero-order chi connectivity index (χ0) is 13.1. The van der Waals surface area contributed by atoms with Crippen LogP contribution >= 0.6 is 0 Å². The van der Waals surface area contributed by atoms with Crippen LogP contribution in [0.25, 0.3) is 0 Å². The van der Waals surface area contributed by atoms with Crippen molar-refractivity contribution < 1.29 is 9.66 Å². The Hall–Kier alpha value is -1.96. The summed E-state index contributed by atoms with van der Waals surface area (Å²) >= 11 is 0. The van der Waals surface area contributed by atoms with Gasteiger partial charge in [0.15, 0.2) is 0 Å². The topological polar surface area (TPSA) is 116 Å². The molecule has 1 fully saturated rings. The van der Waals surface area contributed by atoms with E-state index in [0.717, 1.165) is 25.5 Å². The SMILES string of the molecule is COC1CCCC1Nc1nc(N)ncc1[N+](=O)[O-]. The Morgan fingerprint density at radius 3 is 3.06 bits per heavy atom. The Morgan fingerprint density at radius 2 is 2.39 bits per heavy atom. The predicted octanol–water partition coefficient (Wildman–Crippen LogP) is 0.946. The van der Waals surface area contributed by atoms with Gasteiger partial charge < -0.3 is 15.8 Å². The lowest BCUT2D eigenvalue weighted by Crippen LogP contribution is -2.30. The highest BCUT2D eigenvalue weighted by atomic mass is 16.6. The van der Waals surface area contributed by atoms with Gasteiger partial charge in [-0.2, -0.15) is 4.98 Å². The van der Waals surface area contributed by atoms with Crippen molar-refractivity contribution in [3.63, 3.8) is 0 Å². The van der Waals surface area contributed by atoms with Crippen LogP contribution in [0.2, 0.25) is 0 Å². The molecule has 0 amide bonds. The first-order valence-corrected chi connectivity index (χ1v) is 5.68. The molecule has 18 heavy (non-hydrogen) atoms. The molecule has 1 aliphatic rings. The molecule has 1 saturated carbocycles. The second-order valence-electron chi connectivity index (χ2n) is 4.18. The second-order valence-corrected chi connectivity index (χ2v) is 4.18. The van der Waals surface area contributed by atoms with Gasteiger partial charge in [0.05, 0.1) is 17.1 Å². The van der Waals surface area contributed by atoms with Crippen LogP contribution in [0.5, 0.6) is 0 Å². The largest absolute Gasteiger partial charge is 0.379 e. The van der Waals surface area contributed by atoms with Crippen molar-refractivity contribution in [2.24, 2.45) is 0 Å². The van der Waals surface area contributed by atoms with Crippen LogP contribution in [0.15, 0.2) is 6.20 Å². The molecule has 0 saturated heterocycles. The molecule has 2 rings (SSSR count). The van der Waals surface area contributed by atoms with Gasteiger partial charge >= 0.3 is 5.69 Å². The maximum Gasteiger partial charge on any atom is 0.329 e. The number of nitrogens with zero attached hydrogens (tertiary/aromatic N) is 3. The van der Waals surface area contributed by atoms with Crippen molar-refractivity contribution >= 4 is 17.5 Å². The summed E-state index contributed by atoms with van der Waals surface area (Å²) in [6.45, 7) is 0. The molecule has 3 N–H and O–H groups in total. The van der Waals surface area contributed by atoms with Crippen LogP contribution in [0, 0.1) is 10.1 Å². The number of nitro groups is 1. The smallest absolute Gasteiger partial charge is 0.329 e. The monoisotopic (exact) mass is 253 g/mol. The molecule has 0 aromatic carbocycles. The Kier molecular flexibility index (Phi) is 3.56. The first-order valence-electron chi connectivity index (χ1n) is 5.68. The van der Waals surface area contributed by atoms with Crippen LogP contribution < -0.4 is 11.1 Å². The summed E-state index contributed by atoms with van der Waals surface area (Å²) in [5.41, 5.74) is 5.28. The average molecular weight is 253 g/mol. The third-order valence-corrected chi connectivity index (χ3v) is 3.06. The molecule has 0 aliphatic heterocycles. The normalized spacial score (nSPS) is 22.9. The fourth-order valence-corrected chi connectivity index (χ4v) is 2.18. The molecule has 8 heteroatoms. The number of hydrogen-bond acceptors (Lipinski definition) is 7. The van der Waals surface area contributed by atoms with E-state index in [4.69, 9.17) is 10.5 Å². The summed E-state index contributed by atoms with van der Waals surface area (Å²) in [6.07, 6.45) is 3.99. The molecule has 0 bridgehead atoms. The molecule has 8 nitrogen and oxygen atoms in total. The highest BCUT2D eigenvalue weighted by Gasteiger charge is 2.29. The Morgan fingerprint density at radius 1 is 1.61 bits per heavy atom. The molecule has 0 radical (unpaired) electrons. The standard InChI is InChI=1S/C10H15N5O3/c1-18-8-4-2-3-6(8)13-9-7(15(16)17)5-12-10(11)14-9/h5-6,8H,2-4H2,1H3,(H3,11,12,13,14). The maximum absolute atomic E-state index is 10.9. The van der Waals surface area contributed by atoms with Crippen molar-refractivity contribution in [1.29, 1.82) is 0 Å². The van der Waals surface area contributed by atoms with Gasteiger partial charge in [-0.05, 0) is 19.3 Å². The van der Waals surface area contributed by atoms with E-state index in [1.807, 2.05) is 0 Å². The van der Waals surface area contributed by atoms with Gasteiger partial charge in [-0.1, -0.05) is 0 Å². The zero-order valence-electron chi connectivity index (χ0n) is 10.00. The van der Waals surface area contributed by atoms with E-state index >= 15 is 0 Å². The second kappa shape index (κ2) is 5.13. The van der Waals surface area contributed by atoms with Gasteiger partial charge in [0, 0.05) is 7.11 Å². The molecule has 0 spiro atoms. The minimum Gasteiger partial charge on any atom is -0.379 e. The fraction of sp³-hybridized carbons (Fsp3) is 0.600. The summed E-state index contributed by atoms with van der Waals surface area (Å²) in [6, 6.07) is 0.0167. The summed E-state index contributed by atoms with van der Waals surface area (Å²) in [7, 11) is 1.63. The third-order valence-electron chi connectivity index (χ3n) is 3.06. The first kappa shape index (κ1) is 12.5. The quantitative estimate of drug-likeness (QED) is 0.606. The number of hydrogen-bond donors (Lipinski definition) is 2. The number of nitrogens with one attached hydrogen (secondary N) is 1.